The number of nitrogens with zero attached hydrogens (tertiary/aromatic N) is 3. The fourth-order valence-corrected chi connectivity index (χ4v) is 7.25. The van der Waals surface area contributed by atoms with Crippen LogP contribution in [0.2, 0.25) is 0 Å². The standard InChI is InChI=1S/C22H29N3O4S2/c1-2-16(26)17-19(27)25-18(21(28)29)22(31-20(17)25)30-13-12-23-8-10-24(11-9-23)14-15-6-4-3-5-7-15/h3-7,16-17,20,26H,2,8-14H2,1H3,(H,28,29)/t16-,17+,20+/m0/s1. The van der Waals surface area contributed by atoms with Crippen LogP contribution in [0.15, 0.2) is 40.3 Å². The van der Waals surface area contributed by atoms with Crippen molar-refractivity contribution in [3.8, 4) is 0 Å². The van der Waals surface area contributed by atoms with Gasteiger partial charge in [-0.3, -0.25) is 19.5 Å². The molecule has 0 bridgehead atoms. The molecule has 3 heterocycles. The first-order chi connectivity index (χ1) is 15.0. The molecule has 2 N–H and O–H groups in total. The molecule has 9 heteroatoms. The minimum absolute atomic E-state index is 0.0947. The van der Waals surface area contributed by atoms with Crippen LogP contribution in [-0.2, 0) is 16.1 Å². The maximum absolute atomic E-state index is 12.4. The molecule has 31 heavy (non-hydrogen) atoms. The SMILES string of the molecule is CC[C@H](O)[C@@H]1C(=O)N2C(C(=O)O)=C(SCCN3CCN(Cc4ccccc4)CC3)S[C@H]12. The maximum Gasteiger partial charge on any atom is 0.354 e. The van der Waals surface area contributed by atoms with Crippen molar-refractivity contribution < 1.29 is 19.8 Å². The van der Waals surface area contributed by atoms with E-state index in [9.17, 15) is 19.8 Å². The number of benzene rings is 1. The Hall–Kier alpha value is -1.52. The first-order valence-corrected chi connectivity index (χ1v) is 12.6. The quantitative estimate of drug-likeness (QED) is 0.539. The Labute approximate surface area is 191 Å². The summed E-state index contributed by atoms with van der Waals surface area (Å²) in [5, 5.41) is 19.5. The number of aliphatic hydroxyl groups excluding tert-OH is 1. The van der Waals surface area contributed by atoms with E-state index in [1.54, 1.807) is 0 Å². The lowest BCUT2D eigenvalue weighted by Crippen LogP contribution is -2.61. The molecule has 3 aliphatic rings. The molecule has 0 aliphatic carbocycles. The second kappa shape index (κ2) is 9.95. The molecule has 0 unspecified atom stereocenters. The van der Waals surface area contributed by atoms with E-state index >= 15 is 0 Å². The Morgan fingerprint density at radius 3 is 2.52 bits per heavy atom. The van der Waals surface area contributed by atoms with Crippen LogP contribution in [0.1, 0.15) is 18.9 Å². The average molecular weight is 464 g/mol. The zero-order valence-electron chi connectivity index (χ0n) is 17.6. The van der Waals surface area contributed by atoms with Gasteiger partial charge in [0.15, 0.2) is 5.70 Å². The van der Waals surface area contributed by atoms with Gasteiger partial charge in [0, 0.05) is 45.0 Å². The zero-order valence-corrected chi connectivity index (χ0v) is 19.3. The second-order valence-electron chi connectivity index (χ2n) is 8.11. The summed E-state index contributed by atoms with van der Waals surface area (Å²) in [6, 6.07) is 10.5. The number of rotatable bonds is 9. The summed E-state index contributed by atoms with van der Waals surface area (Å²) in [6.45, 7) is 7.76. The summed E-state index contributed by atoms with van der Waals surface area (Å²) in [7, 11) is 0. The summed E-state index contributed by atoms with van der Waals surface area (Å²) >= 11 is 2.94. The second-order valence-corrected chi connectivity index (χ2v) is 10.6. The van der Waals surface area contributed by atoms with E-state index in [0.29, 0.717) is 10.7 Å². The molecule has 1 amide bonds. The molecule has 0 aromatic heterocycles. The first-order valence-electron chi connectivity index (χ1n) is 10.8. The van der Waals surface area contributed by atoms with Crippen LogP contribution in [0.3, 0.4) is 0 Å². The summed E-state index contributed by atoms with van der Waals surface area (Å²) in [5.74, 6) is -1.05. The molecule has 0 radical (unpaired) electrons. The monoisotopic (exact) mass is 463 g/mol. The Morgan fingerprint density at radius 2 is 1.87 bits per heavy atom. The van der Waals surface area contributed by atoms with Crippen molar-refractivity contribution in [2.45, 2.75) is 31.4 Å². The fourth-order valence-electron chi connectivity index (χ4n) is 4.30. The summed E-state index contributed by atoms with van der Waals surface area (Å²) < 4.78 is 0.694. The Bertz CT molecular complexity index is 842. The minimum Gasteiger partial charge on any atom is -0.477 e. The van der Waals surface area contributed by atoms with Crippen LogP contribution < -0.4 is 0 Å². The van der Waals surface area contributed by atoms with E-state index in [1.807, 2.05) is 13.0 Å². The van der Waals surface area contributed by atoms with Gasteiger partial charge in [-0.15, -0.1) is 11.8 Å². The molecular weight excluding hydrogens is 434 g/mol. The molecule has 4 rings (SSSR count). The lowest BCUT2D eigenvalue weighted by Gasteiger charge is -2.44. The molecule has 7 nitrogen and oxygen atoms in total. The number of carbonyl (C=O) groups is 2. The van der Waals surface area contributed by atoms with E-state index < -0.39 is 18.0 Å². The summed E-state index contributed by atoms with van der Waals surface area (Å²) in [4.78, 5) is 30.5. The molecule has 3 atom stereocenters. The third-order valence-corrected chi connectivity index (χ3v) is 8.77. The van der Waals surface area contributed by atoms with E-state index in [4.69, 9.17) is 0 Å². The average Bonchev–Trinajstić information content (AvgIpc) is 3.10. The fraction of sp³-hybridized carbons (Fsp3) is 0.545. The number of hydrogen-bond donors (Lipinski definition) is 2. The van der Waals surface area contributed by atoms with Gasteiger partial charge in [0.05, 0.1) is 16.3 Å². The number of amides is 1. The number of aliphatic hydroxyl groups is 1. The highest BCUT2D eigenvalue weighted by molar-refractivity contribution is 8.22. The van der Waals surface area contributed by atoms with Crippen molar-refractivity contribution in [1.82, 2.24) is 14.7 Å². The lowest BCUT2D eigenvalue weighted by molar-refractivity contribution is -0.157. The Balaban J connectivity index is 1.25. The van der Waals surface area contributed by atoms with Crippen molar-refractivity contribution in [2.24, 2.45) is 5.92 Å². The van der Waals surface area contributed by atoms with Crippen molar-refractivity contribution in [2.75, 3.05) is 38.5 Å². The van der Waals surface area contributed by atoms with Crippen LogP contribution in [0, 0.1) is 5.92 Å². The molecule has 1 aromatic rings. The molecule has 1 aromatic carbocycles. The predicted molar refractivity (Wildman–Crippen MR) is 123 cm³/mol. The number of aliphatic carboxylic acids is 1. The number of carbonyl (C=O) groups excluding carboxylic acids is 1. The largest absolute Gasteiger partial charge is 0.477 e. The van der Waals surface area contributed by atoms with E-state index in [2.05, 4.69) is 34.1 Å². The molecule has 2 fully saturated rings. The van der Waals surface area contributed by atoms with Crippen LogP contribution in [0.4, 0.5) is 0 Å². The molecule has 2 saturated heterocycles. The van der Waals surface area contributed by atoms with Crippen LogP contribution in [0.25, 0.3) is 0 Å². The first kappa shape index (κ1) is 22.7. The number of piperazine rings is 1. The van der Waals surface area contributed by atoms with Gasteiger partial charge in [0.25, 0.3) is 0 Å². The lowest BCUT2D eigenvalue weighted by atomic mass is 9.90. The highest BCUT2D eigenvalue weighted by atomic mass is 32.2. The number of carboxylic acids is 1. The molecule has 0 saturated carbocycles. The van der Waals surface area contributed by atoms with Gasteiger partial charge in [-0.2, -0.15) is 0 Å². The smallest absolute Gasteiger partial charge is 0.354 e. The van der Waals surface area contributed by atoms with Crippen LogP contribution >= 0.6 is 23.5 Å². The van der Waals surface area contributed by atoms with Gasteiger partial charge in [0.2, 0.25) is 5.91 Å². The highest BCUT2D eigenvalue weighted by Crippen LogP contribution is 2.53. The Morgan fingerprint density at radius 1 is 1.19 bits per heavy atom. The van der Waals surface area contributed by atoms with Gasteiger partial charge in [-0.25, -0.2) is 4.79 Å². The summed E-state index contributed by atoms with van der Waals surface area (Å²) in [5.41, 5.74) is 1.43. The number of fused-ring (bicyclic) bond motifs is 1. The number of β-lactam (4-membered cyclic amide) rings is 1. The van der Waals surface area contributed by atoms with Crippen molar-refractivity contribution in [3.05, 3.63) is 45.8 Å². The van der Waals surface area contributed by atoms with E-state index in [0.717, 1.165) is 45.0 Å². The topological polar surface area (TPSA) is 84.3 Å². The van der Waals surface area contributed by atoms with Gasteiger partial charge in [-0.1, -0.05) is 49.0 Å². The molecule has 3 aliphatic heterocycles. The minimum atomic E-state index is -1.06. The number of carboxylic acid groups (broad SMARTS) is 1. The van der Waals surface area contributed by atoms with Crippen LogP contribution in [0.5, 0.6) is 0 Å². The van der Waals surface area contributed by atoms with Gasteiger partial charge < -0.3 is 10.2 Å². The predicted octanol–water partition coefficient (Wildman–Crippen LogP) is 2.09. The van der Waals surface area contributed by atoms with Gasteiger partial charge >= 0.3 is 5.97 Å². The normalized spacial score (nSPS) is 25.5. The number of thioether (sulfide) groups is 2. The highest BCUT2D eigenvalue weighted by Gasteiger charge is 2.58. The van der Waals surface area contributed by atoms with Crippen molar-refractivity contribution in [1.29, 1.82) is 0 Å². The van der Waals surface area contributed by atoms with Gasteiger partial charge in [0.1, 0.15) is 5.37 Å². The van der Waals surface area contributed by atoms with Gasteiger partial charge in [-0.05, 0) is 12.0 Å². The molecule has 0 spiro atoms. The van der Waals surface area contributed by atoms with Crippen molar-refractivity contribution in [3.63, 3.8) is 0 Å². The van der Waals surface area contributed by atoms with Crippen molar-refractivity contribution >= 4 is 35.4 Å². The Kier molecular flexibility index (Phi) is 7.28. The van der Waals surface area contributed by atoms with E-state index in [-0.39, 0.29) is 17.0 Å². The van der Waals surface area contributed by atoms with E-state index in [1.165, 1.54) is 34.0 Å². The third kappa shape index (κ3) is 4.80. The third-order valence-electron chi connectivity index (χ3n) is 6.14. The number of hydrogen-bond acceptors (Lipinski definition) is 7. The zero-order chi connectivity index (χ0) is 22.0. The molecular formula is C22H29N3O4S2. The maximum atomic E-state index is 12.4. The van der Waals surface area contributed by atoms with Crippen LogP contribution in [-0.4, -0.2) is 86.7 Å². The summed E-state index contributed by atoms with van der Waals surface area (Å²) in [6.07, 6.45) is -0.226. The molecule has 168 valence electrons.